The van der Waals surface area contributed by atoms with Crippen LogP contribution in [0, 0.1) is 11.8 Å². The topological polar surface area (TPSA) is 52.3 Å². The predicted molar refractivity (Wildman–Crippen MR) is 62.9 cm³/mol. The Morgan fingerprint density at radius 2 is 1.88 bits per heavy atom. The largest absolute Gasteiger partial charge is 0.465 e. The number of benzene rings is 1. The molecule has 3 nitrogen and oxygen atoms in total. The Morgan fingerprint density at radius 1 is 1.31 bits per heavy atom. The molecule has 0 heterocycles. The van der Waals surface area contributed by atoms with Crippen molar-refractivity contribution in [2.24, 2.45) is 5.73 Å². The molecule has 0 aliphatic rings. The van der Waals surface area contributed by atoms with Crippen molar-refractivity contribution in [3.63, 3.8) is 0 Å². The third-order valence-corrected chi connectivity index (χ3v) is 1.84. The van der Waals surface area contributed by atoms with Crippen LogP contribution in [0.1, 0.15) is 29.8 Å². The molecule has 0 saturated heterocycles. The zero-order valence-corrected chi connectivity index (χ0v) is 9.70. The van der Waals surface area contributed by atoms with E-state index >= 15 is 0 Å². The lowest BCUT2D eigenvalue weighted by molar-refractivity contribution is 0.0601. The predicted octanol–water partition coefficient (Wildman–Crippen LogP) is 1.56. The minimum Gasteiger partial charge on any atom is -0.465 e. The molecule has 1 rings (SSSR count). The van der Waals surface area contributed by atoms with Crippen LogP contribution in [0.5, 0.6) is 0 Å². The van der Waals surface area contributed by atoms with E-state index in [1.807, 2.05) is 13.8 Å². The fraction of sp³-hybridized carbons (Fsp3) is 0.308. The molecule has 0 aliphatic heterocycles. The first-order chi connectivity index (χ1) is 7.42. The van der Waals surface area contributed by atoms with Crippen LogP contribution in [0.25, 0.3) is 0 Å². The molecule has 0 spiro atoms. The summed E-state index contributed by atoms with van der Waals surface area (Å²) in [5.74, 6) is 5.51. The quantitative estimate of drug-likeness (QED) is 0.573. The summed E-state index contributed by atoms with van der Waals surface area (Å²) in [7, 11) is 1.35. The fourth-order valence-corrected chi connectivity index (χ4v) is 1.04. The SMILES string of the molecule is COC(=O)c1ccc(C#CC(C)(C)N)cc1. The fourth-order valence-electron chi connectivity index (χ4n) is 1.04. The molecule has 1 aromatic rings. The second-order valence-corrected chi connectivity index (χ2v) is 4.04. The maximum absolute atomic E-state index is 11.2. The van der Waals surface area contributed by atoms with Gasteiger partial charge in [-0.15, -0.1) is 0 Å². The Morgan fingerprint density at radius 3 is 2.31 bits per heavy atom. The van der Waals surface area contributed by atoms with Gasteiger partial charge in [0.1, 0.15) is 0 Å². The van der Waals surface area contributed by atoms with Gasteiger partial charge >= 0.3 is 5.97 Å². The highest BCUT2D eigenvalue weighted by Crippen LogP contribution is 2.05. The third-order valence-electron chi connectivity index (χ3n) is 1.84. The van der Waals surface area contributed by atoms with Crippen molar-refractivity contribution in [1.29, 1.82) is 0 Å². The van der Waals surface area contributed by atoms with Crippen LogP contribution in [0.4, 0.5) is 0 Å². The average molecular weight is 217 g/mol. The van der Waals surface area contributed by atoms with E-state index in [1.54, 1.807) is 24.3 Å². The zero-order valence-electron chi connectivity index (χ0n) is 9.70. The maximum Gasteiger partial charge on any atom is 0.337 e. The second-order valence-electron chi connectivity index (χ2n) is 4.04. The summed E-state index contributed by atoms with van der Waals surface area (Å²) >= 11 is 0. The standard InChI is InChI=1S/C13H15NO2/c1-13(2,14)9-8-10-4-6-11(7-5-10)12(15)16-3/h4-7H,14H2,1-3H3. The van der Waals surface area contributed by atoms with Gasteiger partial charge < -0.3 is 10.5 Å². The highest BCUT2D eigenvalue weighted by Gasteiger charge is 2.05. The average Bonchev–Trinajstić information content (AvgIpc) is 2.25. The summed E-state index contributed by atoms with van der Waals surface area (Å²) in [5.41, 5.74) is 6.56. The minimum atomic E-state index is -0.513. The Kier molecular flexibility index (Phi) is 3.70. The molecule has 1 aromatic carbocycles. The molecule has 0 unspecified atom stereocenters. The van der Waals surface area contributed by atoms with Gasteiger partial charge in [-0.3, -0.25) is 0 Å². The van der Waals surface area contributed by atoms with Crippen LogP contribution in [0.15, 0.2) is 24.3 Å². The van der Waals surface area contributed by atoms with Crippen LogP contribution in [0.2, 0.25) is 0 Å². The first kappa shape index (κ1) is 12.3. The van der Waals surface area contributed by atoms with E-state index in [0.29, 0.717) is 5.56 Å². The summed E-state index contributed by atoms with van der Waals surface area (Å²) < 4.78 is 4.60. The molecule has 0 saturated carbocycles. The molecular formula is C13H15NO2. The Balaban J connectivity index is 2.87. The zero-order chi connectivity index (χ0) is 12.2. The van der Waals surface area contributed by atoms with Gasteiger partial charge in [-0.1, -0.05) is 11.8 Å². The van der Waals surface area contributed by atoms with Gasteiger partial charge in [-0.05, 0) is 38.1 Å². The Labute approximate surface area is 95.6 Å². The van der Waals surface area contributed by atoms with Crippen LogP contribution in [-0.4, -0.2) is 18.6 Å². The molecular weight excluding hydrogens is 202 g/mol. The van der Waals surface area contributed by atoms with E-state index in [1.165, 1.54) is 7.11 Å². The molecule has 0 aromatic heterocycles. The minimum absolute atomic E-state index is 0.348. The maximum atomic E-state index is 11.2. The van der Waals surface area contributed by atoms with E-state index in [9.17, 15) is 4.79 Å². The van der Waals surface area contributed by atoms with Crippen molar-refractivity contribution >= 4 is 5.97 Å². The molecule has 0 bridgehead atoms. The van der Waals surface area contributed by atoms with Crippen molar-refractivity contribution in [1.82, 2.24) is 0 Å². The highest BCUT2D eigenvalue weighted by molar-refractivity contribution is 5.89. The smallest absolute Gasteiger partial charge is 0.337 e. The lowest BCUT2D eigenvalue weighted by Gasteiger charge is -2.07. The lowest BCUT2D eigenvalue weighted by Crippen LogP contribution is -2.29. The summed E-state index contributed by atoms with van der Waals surface area (Å²) in [6.07, 6.45) is 0. The Hall–Kier alpha value is -1.79. The van der Waals surface area contributed by atoms with Crippen molar-refractivity contribution in [3.05, 3.63) is 35.4 Å². The number of nitrogens with two attached hydrogens (primary N) is 1. The van der Waals surface area contributed by atoms with Crippen LogP contribution >= 0.6 is 0 Å². The normalized spacial score (nSPS) is 10.2. The molecule has 0 aliphatic carbocycles. The van der Waals surface area contributed by atoms with Gasteiger partial charge in [0.25, 0.3) is 0 Å². The van der Waals surface area contributed by atoms with Gasteiger partial charge in [-0.25, -0.2) is 4.79 Å². The molecule has 84 valence electrons. The molecule has 0 amide bonds. The number of hydrogen-bond donors (Lipinski definition) is 1. The van der Waals surface area contributed by atoms with E-state index < -0.39 is 5.54 Å². The van der Waals surface area contributed by atoms with Gasteiger partial charge in [0.15, 0.2) is 0 Å². The summed E-state index contributed by atoms with van der Waals surface area (Å²) in [4.78, 5) is 11.2. The number of methoxy groups -OCH3 is 1. The molecule has 16 heavy (non-hydrogen) atoms. The number of rotatable bonds is 1. The van der Waals surface area contributed by atoms with Crippen LogP contribution in [-0.2, 0) is 4.74 Å². The van der Waals surface area contributed by atoms with Crippen LogP contribution in [0.3, 0.4) is 0 Å². The van der Waals surface area contributed by atoms with Crippen LogP contribution < -0.4 is 5.73 Å². The Bertz CT molecular complexity index is 430. The second kappa shape index (κ2) is 4.82. The van der Waals surface area contributed by atoms with Gasteiger partial charge in [0.2, 0.25) is 0 Å². The number of esters is 1. The lowest BCUT2D eigenvalue weighted by atomic mass is 10.1. The summed E-state index contributed by atoms with van der Waals surface area (Å²) in [5, 5.41) is 0. The molecule has 2 N–H and O–H groups in total. The first-order valence-corrected chi connectivity index (χ1v) is 4.93. The molecule has 0 radical (unpaired) electrons. The number of ether oxygens (including phenoxy) is 1. The molecule has 0 fully saturated rings. The number of carbonyl (C=O) groups is 1. The molecule has 0 atom stereocenters. The first-order valence-electron chi connectivity index (χ1n) is 4.93. The summed E-state index contributed by atoms with van der Waals surface area (Å²) in [6.45, 7) is 3.67. The number of carbonyl (C=O) groups excluding carboxylic acids is 1. The van der Waals surface area contributed by atoms with Crippen molar-refractivity contribution in [2.45, 2.75) is 19.4 Å². The number of hydrogen-bond acceptors (Lipinski definition) is 3. The van der Waals surface area contributed by atoms with E-state index in [4.69, 9.17) is 5.73 Å². The monoisotopic (exact) mass is 217 g/mol. The third kappa shape index (κ3) is 3.76. The van der Waals surface area contributed by atoms with Gasteiger partial charge in [-0.2, -0.15) is 0 Å². The molecule has 3 heteroatoms. The van der Waals surface area contributed by atoms with Crippen molar-refractivity contribution in [3.8, 4) is 11.8 Å². The summed E-state index contributed by atoms with van der Waals surface area (Å²) in [6, 6.07) is 6.90. The van der Waals surface area contributed by atoms with E-state index in [2.05, 4.69) is 16.6 Å². The van der Waals surface area contributed by atoms with E-state index in [0.717, 1.165) is 5.56 Å². The van der Waals surface area contributed by atoms with E-state index in [-0.39, 0.29) is 5.97 Å². The van der Waals surface area contributed by atoms with Crippen molar-refractivity contribution in [2.75, 3.05) is 7.11 Å². The highest BCUT2D eigenvalue weighted by atomic mass is 16.5. The van der Waals surface area contributed by atoms with Crippen molar-refractivity contribution < 1.29 is 9.53 Å². The van der Waals surface area contributed by atoms with Gasteiger partial charge in [0, 0.05) is 5.56 Å². The van der Waals surface area contributed by atoms with Gasteiger partial charge in [0.05, 0.1) is 18.2 Å².